The lowest BCUT2D eigenvalue weighted by atomic mass is 10.1. The predicted molar refractivity (Wildman–Crippen MR) is 114 cm³/mol. The van der Waals surface area contributed by atoms with Gasteiger partial charge in [0.25, 0.3) is 0 Å². The molecule has 1 fully saturated rings. The lowest BCUT2D eigenvalue weighted by Crippen LogP contribution is -2.46. The van der Waals surface area contributed by atoms with Crippen LogP contribution in [0.2, 0.25) is 0 Å². The summed E-state index contributed by atoms with van der Waals surface area (Å²) >= 11 is 3.46. The largest absolute Gasteiger partial charge is 0.324 e. The van der Waals surface area contributed by atoms with Crippen molar-refractivity contribution >= 4 is 37.5 Å². The third kappa shape index (κ3) is 5.64. The number of likely N-dealkylation sites (tertiary alicyclic amines) is 1. The average Bonchev–Trinajstić information content (AvgIpc) is 2.66. The maximum atomic E-state index is 12.4. The molecule has 0 saturated carbocycles. The number of carbonyl (C=O) groups is 1. The van der Waals surface area contributed by atoms with Gasteiger partial charge in [-0.2, -0.15) is 0 Å². The van der Waals surface area contributed by atoms with Gasteiger partial charge in [-0.3, -0.25) is 9.69 Å². The summed E-state index contributed by atoms with van der Waals surface area (Å²) in [5.74, 6) is -0.0760. The summed E-state index contributed by atoms with van der Waals surface area (Å²) in [6.45, 7) is 3.62. The van der Waals surface area contributed by atoms with Crippen molar-refractivity contribution in [3.8, 4) is 0 Å². The molecule has 150 valence electrons. The summed E-state index contributed by atoms with van der Waals surface area (Å²) in [6.07, 6.45) is 1.35. The van der Waals surface area contributed by atoms with Gasteiger partial charge in [-0.25, -0.2) is 13.1 Å². The Labute approximate surface area is 174 Å². The van der Waals surface area contributed by atoms with Gasteiger partial charge in [0.2, 0.25) is 15.9 Å². The van der Waals surface area contributed by atoms with E-state index in [1.54, 1.807) is 30.3 Å². The van der Waals surface area contributed by atoms with Gasteiger partial charge in [0, 0.05) is 23.6 Å². The number of amides is 1. The quantitative estimate of drug-likeness (QED) is 0.686. The number of anilines is 1. The molecule has 0 radical (unpaired) electrons. The molecule has 0 atom stereocenters. The summed E-state index contributed by atoms with van der Waals surface area (Å²) in [7, 11) is -3.50. The van der Waals surface area contributed by atoms with E-state index >= 15 is 0 Å². The molecule has 6 nitrogen and oxygen atoms in total. The molecule has 0 aliphatic carbocycles. The number of carbonyl (C=O) groups excluding carboxylic acids is 1. The Kier molecular flexibility index (Phi) is 6.87. The third-order valence-electron chi connectivity index (χ3n) is 4.73. The van der Waals surface area contributed by atoms with Crippen molar-refractivity contribution in [3.63, 3.8) is 0 Å². The number of nitrogens with one attached hydrogen (secondary N) is 2. The van der Waals surface area contributed by atoms with Crippen molar-refractivity contribution in [3.05, 3.63) is 58.6 Å². The van der Waals surface area contributed by atoms with Crippen LogP contribution in [0.25, 0.3) is 0 Å². The number of hydrogen-bond donors (Lipinski definition) is 2. The Hall–Kier alpha value is -1.74. The number of piperidine rings is 1. The van der Waals surface area contributed by atoms with Crippen molar-refractivity contribution < 1.29 is 13.2 Å². The van der Waals surface area contributed by atoms with E-state index in [9.17, 15) is 13.2 Å². The Morgan fingerprint density at radius 3 is 2.46 bits per heavy atom. The van der Waals surface area contributed by atoms with E-state index in [1.807, 2.05) is 30.0 Å². The molecular weight excluding hydrogens is 442 g/mol. The Balaban J connectivity index is 1.48. The zero-order valence-corrected chi connectivity index (χ0v) is 18.1. The van der Waals surface area contributed by atoms with Gasteiger partial charge in [-0.05, 0) is 65.5 Å². The first-order chi connectivity index (χ1) is 13.3. The smallest absolute Gasteiger partial charge is 0.240 e. The fourth-order valence-corrected chi connectivity index (χ4v) is 5.13. The highest BCUT2D eigenvalue weighted by molar-refractivity contribution is 9.10. The van der Waals surface area contributed by atoms with E-state index < -0.39 is 10.0 Å². The third-order valence-corrected chi connectivity index (χ3v) is 6.92. The molecule has 2 aromatic carbocycles. The fourth-order valence-electron chi connectivity index (χ4n) is 3.21. The molecule has 3 rings (SSSR count). The molecule has 0 aromatic heterocycles. The molecule has 1 amide bonds. The molecule has 1 heterocycles. The molecular formula is C20H24BrN3O3S. The molecule has 1 aliphatic rings. The van der Waals surface area contributed by atoms with Crippen LogP contribution in [0, 0.1) is 6.92 Å². The summed E-state index contributed by atoms with van der Waals surface area (Å²) in [5.41, 5.74) is 1.87. The number of benzene rings is 2. The van der Waals surface area contributed by atoms with Gasteiger partial charge in [0.15, 0.2) is 0 Å². The minimum Gasteiger partial charge on any atom is -0.324 e. The van der Waals surface area contributed by atoms with E-state index in [0.717, 1.165) is 15.7 Å². The van der Waals surface area contributed by atoms with Gasteiger partial charge in [0.1, 0.15) is 0 Å². The van der Waals surface area contributed by atoms with Crippen molar-refractivity contribution in [1.29, 1.82) is 0 Å². The Morgan fingerprint density at radius 1 is 1.14 bits per heavy atom. The second-order valence-electron chi connectivity index (χ2n) is 7.02. The number of hydrogen-bond acceptors (Lipinski definition) is 4. The highest BCUT2D eigenvalue weighted by atomic mass is 79.9. The predicted octanol–water partition coefficient (Wildman–Crippen LogP) is 3.14. The molecule has 0 bridgehead atoms. The number of rotatable bonds is 6. The van der Waals surface area contributed by atoms with Crippen molar-refractivity contribution in [2.24, 2.45) is 0 Å². The first kappa shape index (κ1) is 21.0. The van der Waals surface area contributed by atoms with Crippen molar-refractivity contribution in [2.45, 2.75) is 30.7 Å². The maximum absolute atomic E-state index is 12.4. The Morgan fingerprint density at radius 2 is 1.82 bits per heavy atom. The molecule has 1 saturated heterocycles. The van der Waals surface area contributed by atoms with Crippen LogP contribution in [-0.4, -0.2) is 44.9 Å². The lowest BCUT2D eigenvalue weighted by molar-refractivity contribution is -0.117. The standard InChI is InChI=1S/C20H24BrN3O3S/c1-15-7-8-19(18(21)13-15)22-20(25)14-24-11-9-16(10-12-24)23-28(26,27)17-5-3-2-4-6-17/h2-8,13,16,23H,9-12,14H2,1H3,(H,22,25). The van der Waals surface area contributed by atoms with Crippen molar-refractivity contribution in [1.82, 2.24) is 9.62 Å². The van der Waals surface area contributed by atoms with Crippen LogP contribution < -0.4 is 10.0 Å². The highest BCUT2D eigenvalue weighted by Crippen LogP contribution is 2.23. The maximum Gasteiger partial charge on any atom is 0.240 e. The van der Waals surface area contributed by atoms with Gasteiger partial charge >= 0.3 is 0 Å². The first-order valence-electron chi connectivity index (χ1n) is 9.19. The second kappa shape index (κ2) is 9.17. The van der Waals surface area contributed by atoms with Gasteiger partial charge < -0.3 is 5.32 Å². The normalized spacial score (nSPS) is 16.1. The van der Waals surface area contributed by atoms with E-state index in [0.29, 0.717) is 32.5 Å². The average molecular weight is 466 g/mol. The van der Waals surface area contributed by atoms with Crippen LogP contribution in [0.5, 0.6) is 0 Å². The topological polar surface area (TPSA) is 78.5 Å². The van der Waals surface area contributed by atoms with Crippen LogP contribution in [0.1, 0.15) is 18.4 Å². The summed E-state index contributed by atoms with van der Waals surface area (Å²) < 4.78 is 28.5. The first-order valence-corrected chi connectivity index (χ1v) is 11.5. The fraction of sp³-hybridized carbons (Fsp3) is 0.350. The number of halogens is 1. The summed E-state index contributed by atoms with van der Waals surface area (Å²) in [6, 6.07) is 14.1. The minimum absolute atomic E-state index is 0.0760. The number of sulfonamides is 1. The van der Waals surface area contributed by atoms with E-state index in [4.69, 9.17) is 0 Å². The number of aryl methyl sites for hydroxylation is 1. The van der Waals surface area contributed by atoms with Crippen LogP contribution in [0.3, 0.4) is 0 Å². The molecule has 0 spiro atoms. The number of nitrogens with zero attached hydrogens (tertiary/aromatic N) is 1. The van der Waals surface area contributed by atoms with E-state index in [1.165, 1.54) is 0 Å². The molecule has 1 aliphatic heterocycles. The monoisotopic (exact) mass is 465 g/mol. The minimum atomic E-state index is -3.50. The molecule has 0 unspecified atom stereocenters. The summed E-state index contributed by atoms with van der Waals surface area (Å²) in [4.78, 5) is 14.7. The zero-order valence-electron chi connectivity index (χ0n) is 15.7. The molecule has 2 N–H and O–H groups in total. The lowest BCUT2D eigenvalue weighted by Gasteiger charge is -2.31. The van der Waals surface area contributed by atoms with Crippen LogP contribution in [0.4, 0.5) is 5.69 Å². The van der Waals surface area contributed by atoms with Gasteiger partial charge in [-0.15, -0.1) is 0 Å². The van der Waals surface area contributed by atoms with E-state index in [-0.39, 0.29) is 16.8 Å². The highest BCUT2D eigenvalue weighted by Gasteiger charge is 2.25. The van der Waals surface area contributed by atoms with Crippen LogP contribution in [0.15, 0.2) is 57.9 Å². The van der Waals surface area contributed by atoms with Crippen molar-refractivity contribution in [2.75, 3.05) is 25.0 Å². The van der Waals surface area contributed by atoms with Crippen LogP contribution >= 0.6 is 15.9 Å². The van der Waals surface area contributed by atoms with Gasteiger partial charge in [-0.1, -0.05) is 24.3 Å². The molecule has 8 heteroatoms. The SMILES string of the molecule is Cc1ccc(NC(=O)CN2CCC(NS(=O)(=O)c3ccccc3)CC2)c(Br)c1. The van der Waals surface area contributed by atoms with Crippen LogP contribution in [-0.2, 0) is 14.8 Å². The second-order valence-corrected chi connectivity index (χ2v) is 9.58. The van der Waals surface area contributed by atoms with E-state index in [2.05, 4.69) is 26.0 Å². The molecule has 2 aromatic rings. The van der Waals surface area contributed by atoms with Gasteiger partial charge in [0.05, 0.1) is 17.1 Å². The Bertz CT molecular complexity index is 927. The summed E-state index contributed by atoms with van der Waals surface area (Å²) in [5, 5.41) is 2.92. The molecule has 28 heavy (non-hydrogen) atoms. The zero-order chi connectivity index (χ0) is 20.1.